The lowest BCUT2D eigenvalue weighted by molar-refractivity contribution is 0.359. The Labute approximate surface area is 118 Å². The Hall–Kier alpha value is -1.30. The van der Waals surface area contributed by atoms with Crippen LogP contribution in [0.2, 0.25) is 15.3 Å². The van der Waals surface area contributed by atoms with Gasteiger partial charge in [-0.3, -0.25) is 0 Å². The van der Waals surface area contributed by atoms with Crippen molar-refractivity contribution in [3.63, 3.8) is 0 Å². The van der Waals surface area contributed by atoms with Crippen molar-refractivity contribution in [3.05, 3.63) is 33.5 Å². The Kier molecular flexibility index (Phi) is 4.06. The predicted molar refractivity (Wildman–Crippen MR) is 67.9 cm³/mol. The summed E-state index contributed by atoms with van der Waals surface area (Å²) in [5.74, 6) is 0.386. The van der Waals surface area contributed by atoms with Gasteiger partial charge in [0.05, 0.1) is 7.11 Å². The number of hydrogen-bond donors (Lipinski definition) is 0. The molecule has 0 atom stereocenters. The third-order valence-electron chi connectivity index (χ3n) is 1.79. The number of ether oxygens (including phenoxy) is 2. The number of nitrogens with zero attached hydrogens (tertiary/aromatic N) is 3. The summed E-state index contributed by atoms with van der Waals surface area (Å²) in [5, 5.41) is 0.833. The fraction of sp³-hybridized carbons (Fsp3) is 0.100. The second-order valence-corrected chi connectivity index (χ2v) is 4.29. The van der Waals surface area contributed by atoms with Crippen LogP contribution in [0.4, 0.5) is 0 Å². The maximum Gasteiger partial charge on any atom is 0.329 e. The minimum absolute atomic E-state index is 0.00909. The molecule has 0 unspecified atom stereocenters. The second-order valence-electron chi connectivity index (χ2n) is 3.08. The minimum atomic E-state index is -0.0371. The highest BCUT2D eigenvalue weighted by atomic mass is 35.5. The lowest BCUT2D eigenvalue weighted by atomic mass is 10.3. The van der Waals surface area contributed by atoms with Gasteiger partial charge in [0, 0.05) is 10.0 Å². The average molecular weight is 307 g/mol. The quantitative estimate of drug-likeness (QED) is 0.866. The topological polar surface area (TPSA) is 57.1 Å². The van der Waals surface area contributed by atoms with Crippen molar-refractivity contribution >= 4 is 34.8 Å². The zero-order chi connectivity index (χ0) is 13.1. The van der Waals surface area contributed by atoms with E-state index < -0.39 is 0 Å². The molecule has 0 spiro atoms. The number of halogens is 3. The van der Waals surface area contributed by atoms with Crippen molar-refractivity contribution < 1.29 is 9.47 Å². The maximum absolute atomic E-state index is 5.84. The van der Waals surface area contributed by atoms with Gasteiger partial charge in [-0.05, 0) is 29.8 Å². The highest BCUT2D eigenvalue weighted by molar-refractivity contribution is 6.34. The van der Waals surface area contributed by atoms with Gasteiger partial charge in [-0.2, -0.15) is 9.97 Å². The van der Waals surface area contributed by atoms with Gasteiger partial charge >= 0.3 is 12.0 Å². The normalized spacial score (nSPS) is 10.2. The lowest BCUT2D eigenvalue weighted by Crippen LogP contribution is -1.98. The molecule has 0 aliphatic heterocycles. The van der Waals surface area contributed by atoms with E-state index in [2.05, 4.69) is 15.0 Å². The highest BCUT2D eigenvalue weighted by Crippen LogP contribution is 2.27. The molecule has 94 valence electrons. The minimum Gasteiger partial charge on any atom is -0.467 e. The summed E-state index contributed by atoms with van der Waals surface area (Å²) in [4.78, 5) is 11.4. The first-order valence-electron chi connectivity index (χ1n) is 4.66. The van der Waals surface area contributed by atoms with Crippen LogP contribution in [0.25, 0.3) is 0 Å². The Morgan fingerprint density at radius 2 is 1.50 bits per heavy atom. The third kappa shape index (κ3) is 3.35. The van der Waals surface area contributed by atoms with Gasteiger partial charge in [0.25, 0.3) is 0 Å². The van der Waals surface area contributed by atoms with Gasteiger partial charge in [0.15, 0.2) is 0 Å². The number of benzene rings is 1. The molecule has 0 saturated carbocycles. The number of aromatic nitrogens is 3. The average Bonchev–Trinajstić information content (AvgIpc) is 2.26. The first-order valence-corrected chi connectivity index (χ1v) is 5.80. The molecule has 1 aromatic heterocycles. The highest BCUT2D eigenvalue weighted by Gasteiger charge is 2.08. The van der Waals surface area contributed by atoms with Crippen LogP contribution in [0.15, 0.2) is 18.2 Å². The van der Waals surface area contributed by atoms with Gasteiger partial charge in [0.2, 0.25) is 5.28 Å². The van der Waals surface area contributed by atoms with E-state index in [9.17, 15) is 0 Å². The summed E-state index contributed by atoms with van der Waals surface area (Å²) in [5.41, 5.74) is 0. The molecule has 0 aliphatic rings. The van der Waals surface area contributed by atoms with Crippen molar-refractivity contribution in [2.45, 2.75) is 0 Å². The third-order valence-corrected chi connectivity index (χ3v) is 2.40. The molecule has 0 N–H and O–H groups in total. The molecule has 0 amide bonds. The molecule has 1 heterocycles. The molecule has 0 bridgehead atoms. The Balaban J connectivity index is 2.30. The summed E-state index contributed by atoms with van der Waals surface area (Å²) in [6.07, 6.45) is 0. The summed E-state index contributed by atoms with van der Waals surface area (Å²) < 4.78 is 10.2. The van der Waals surface area contributed by atoms with E-state index in [-0.39, 0.29) is 17.3 Å². The van der Waals surface area contributed by atoms with Gasteiger partial charge in [-0.25, -0.2) is 0 Å². The van der Waals surface area contributed by atoms with Crippen molar-refractivity contribution in [1.29, 1.82) is 0 Å². The monoisotopic (exact) mass is 305 g/mol. The van der Waals surface area contributed by atoms with Crippen LogP contribution in [-0.4, -0.2) is 22.1 Å². The van der Waals surface area contributed by atoms with Gasteiger partial charge in [-0.1, -0.05) is 23.2 Å². The van der Waals surface area contributed by atoms with E-state index in [0.29, 0.717) is 15.8 Å². The Bertz CT molecular complexity index is 560. The summed E-state index contributed by atoms with van der Waals surface area (Å²) in [6, 6.07) is 4.76. The molecular formula is C10H6Cl3N3O2. The standard InChI is InChI=1S/C10H6Cl3N3O2/c1-17-9-14-8(13)15-10(16-9)18-7-3-5(11)2-6(12)4-7/h2-4H,1H3. The summed E-state index contributed by atoms with van der Waals surface area (Å²) in [6.45, 7) is 0. The smallest absolute Gasteiger partial charge is 0.329 e. The van der Waals surface area contributed by atoms with Crippen molar-refractivity contribution in [2.75, 3.05) is 7.11 Å². The maximum atomic E-state index is 5.84. The zero-order valence-corrected chi connectivity index (χ0v) is 11.3. The van der Waals surface area contributed by atoms with E-state index in [0.717, 1.165) is 0 Å². The van der Waals surface area contributed by atoms with E-state index in [1.54, 1.807) is 18.2 Å². The Morgan fingerprint density at radius 3 is 2.11 bits per heavy atom. The zero-order valence-electron chi connectivity index (χ0n) is 9.02. The SMILES string of the molecule is COc1nc(Cl)nc(Oc2cc(Cl)cc(Cl)c2)n1. The van der Waals surface area contributed by atoms with Gasteiger partial charge in [0.1, 0.15) is 5.75 Å². The summed E-state index contributed by atoms with van der Waals surface area (Å²) in [7, 11) is 1.41. The largest absolute Gasteiger partial charge is 0.467 e. The molecule has 8 heteroatoms. The summed E-state index contributed by atoms with van der Waals surface area (Å²) >= 11 is 17.4. The second kappa shape index (κ2) is 5.56. The van der Waals surface area contributed by atoms with Crippen LogP contribution in [0.3, 0.4) is 0 Å². The van der Waals surface area contributed by atoms with Gasteiger partial charge < -0.3 is 9.47 Å². The molecule has 18 heavy (non-hydrogen) atoms. The molecule has 2 aromatic rings. The van der Waals surface area contributed by atoms with Gasteiger partial charge in [-0.15, -0.1) is 4.98 Å². The molecular weight excluding hydrogens is 300 g/mol. The Morgan fingerprint density at radius 1 is 0.889 bits per heavy atom. The van der Waals surface area contributed by atoms with E-state index >= 15 is 0 Å². The number of methoxy groups -OCH3 is 1. The molecule has 0 radical (unpaired) electrons. The van der Waals surface area contributed by atoms with Crippen LogP contribution in [0.5, 0.6) is 17.8 Å². The lowest BCUT2D eigenvalue weighted by Gasteiger charge is -2.05. The first-order chi connectivity index (χ1) is 8.56. The molecule has 2 rings (SSSR count). The van der Waals surface area contributed by atoms with Crippen molar-refractivity contribution in [2.24, 2.45) is 0 Å². The van der Waals surface area contributed by atoms with Crippen LogP contribution in [0.1, 0.15) is 0 Å². The fourth-order valence-corrected chi connectivity index (χ4v) is 1.80. The van der Waals surface area contributed by atoms with E-state index in [1.807, 2.05) is 0 Å². The first kappa shape index (κ1) is 13.1. The van der Waals surface area contributed by atoms with Crippen LogP contribution >= 0.6 is 34.8 Å². The number of rotatable bonds is 3. The molecule has 0 fully saturated rings. The van der Waals surface area contributed by atoms with Crippen molar-refractivity contribution in [3.8, 4) is 17.8 Å². The predicted octanol–water partition coefficient (Wildman–Crippen LogP) is 3.63. The van der Waals surface area contributed by atoms with E-state index in [4.69, 9.17) is 44.3 Å². The van der Waals surface area contributed by atoms with Crippen LogP contribution < -0.4 is 9.47 Å². The van der Waals surface area contributed by atoms with Crippen molar-refractivity contribution in [1.82, 2.24) is 15.0 Å². The number of hydrogen-bond acceptors (Lipinski definition) is 5. The van der Waals surface area contributed by atoms with Crippen LogP contribution in [0, 0.1) is 0 Å². The fourth-order valence-electron chi connectivity index (χ4n) is 1.14. The van der Waals surface area contributed by atoms with Crippen LogP contribution in [-0.2, 0) is 0 Å². The molecule has 0 saturated heterocycles. The molecule has 0 aliphatic carbocycles. The molecule has 1 aromatic carbocycles. The molecule has 5 nitrogen and oxygen atoms in total. The van der Waals surface area contributed by atoms with E-state index in [1.165, 1.54) is 7.11 Å².